The van der Waals surface area contributed by atoms with Gasteiger partial charge in [0.25, 0.3) is 5.91 Å². The summed E-state index contributed by atoms with van der Waals surface area (Å²) in [7, 11) is 0. The van der Waals surface area contributed by atoms with Crippen LogP contribution >= 0.6 is 0 Å². The van der Waals surface area contributed by atoms with Crippen LogP contribution in [0.4, 0.5) is 10.1 Å². The Morgan fingerprint density at radius 2 is 1.64 bits per heavy atom. The lowest BCUT2D eigenvalue weighted by molar-refractivity contribution is -0.115. The second-order valence-corrected chi connectivity index (χ2v) is 4.98. The second-order valence-electron chi connectivity index (χ2n) is 4.98. The van der Waals surface area contributed by atoms with E-state index in [0.29, 0.717) is 0 Å². The Kier molecular flexibility index (Phi) is 6.22. The Hall–Kier alpha value is -3.22. The van der Waals surface area contributed by atoms with Crippen LogP contribution in [0.15, 0.2) is 48.5 Å². The third kappa shape index (κ3) is 4.87. The van der Waals surface area contributed by atoms with Crippen LogP contribution in [0.2, 0.25) is 0 Å². The summed E-state index contributed by atoms with van der Waals surface area (Å²) in [6.07, 6.45) is 0. The number of ether oxygens (including phenoxy) is 1. The molecule has 7 heteroatoms. The fourth-order valence-electron chi connectivity index (χ4n) is 2.07. The van der Waals surface area contributed by atoms with Crippen molar-refractivity contribution in [2.75, 3.05) is 18.5 Å². The van der Waals surface area contributed by atoms with Crippen molar-refractivity contribution >= 4 is 23.5 Å². The molecule has 0 aliphatic rings. The minimum absolute atomic E-state index is 0.151. The smallest absolute Gasteiger partial charge is 0.340 e. The van der Waals surface area contributed by atoms with Gasteiger partial charge in [-0.25, -0.2) is 9.18 Å². The average Bonchev–Trinajstić information content (AvgIpc) is 2.60. The Bertz CT molecular complexity index is 792. The number of amides is 2. The summed E-state index contributed by atoms with van der Waals surface area (Å²) in [5.41, 5.74) is 0.325. The fraction of sp³-hybridized carbons (Fsp3) is 0.167. The van der Waals surface area contributed by atoms with E-state index in [0.717, 1.165) is 6.07 Å². The molecule has 0 unspecified atom stereocenters. The molecule has 6 nitrogen and oxygen atoms in total. The van der Waals surface area contributed by atoms with Gasteiger partial charge in [-0.3, -0.25) is 9.59 Å². The summed E-state index contributed by atoms with van der Waals surface area (Å²) >= 11 is 0. The Morgan fingerprint density at radius 3 is 2.32 bits per heavy atom. The van der Waals surface area contributed by atoms with Crippen molar-refractivity contribution in [1.29, 1.82) is 0 Å². The fourth-order valence-corrected chi connectivity index (χ4v) is 2.07. The van der Waals surface area contributed by atoms with Gasteiger partial charge < -0.3 is 15.4 Å². The van der Waals surface area contributed by atoms with Crippen LogP contribution in [-0.4, -0.2) is 30.9 Å². The Labute approximate surface area is 144 Å². The second kappa shape index (κ2) is 8.58. The largest absolute Gasteiger partial charge is 0.462 e. The normalized spacial score (nSPS) is 10.0. The van der Waals surface area contributed by atoms with Crippen molar-refractivity contribution in [3.05, 3.63) is 65.5 Å². The van der Waals surface area contributed by atoms with Gasteiger partial charge in [0.15, 0.2) is 0 Å². The van der Waals surface area contributed by atoms with Crippen molar-refractivity contribution in [3.63, 3.8) is 0 Å². The van der Waals surface area contributed by atoms with Crippen molar-refractivity contribution in [2.24, 2.45) is 0 Å². The highest BCUT2D eigenvalue weighted by Gasteiger charge is 2.15. The van der Waals surface area contributed by atoms with E-state index in [-0.39, 0.29) is 30.0 Å². The van der Waals surface area contributed by atoms with Gasteiger partial charge in [-0.15, -0.1) is 0 Å². The van der Waals surface area contributed by atoms with Gasteiger partial charge in [-0.05, 0) is 31.2 Å². The molecular weight excluding hydrogens is 327 g/mol. The number of carbonyl (C=O) groups is 3. The highest BCUT2D eigenvalue weighted by Crippen LogP contribution is 2.16. The maximum atomic E-state index is 13.5. The molecule has 0 atom stereocenters. The van der Waals surface area contributed by atoms with Crippen LogP contribution in [0.5, 0.6) is 0 Å². The van der Waals surface area contributed by atoms with Gasteiger partial charge in [0, 0.05) is 0 Å². The molecule has 0 aliphatic carbocycles. The third-order valence-electron chi connectivity index (χ3n) is 3.22. The first-order valence-corrected chi connectivity index (χ1v) is 7.61. The van der Waals surface area contributed by atoms with Crippen molar-refractivity contribution in [1.82, 2.24) is 5.32 Å². The highest BCUT2D eigenvalue weighted by molar-refractivity contribution is 6.03. The van der Waals surface area contributed by atoms with E-state index in [1.54, 1.807) is 25.1 Å². The molecular formula is C18H17FN2O4. The summed E-state index contributed by atoms with van der Waals surface area (Å²) in [5, 5.41) is 4.85. The summed E-state index contributed by atoms with van der Waals surface area (Å²) in [4.78, 5) is 35.7. The molecule has 0 radical (unpaired) electrons. The first-order chi connectivity index (χ1) is 12.0. The lowest BCUT2D eigenvalue weighted by Gasteiger charge is -2.11. The summed E-state index contributed by atoms with van der Waals surface area (Å²) < 4.78 is 18.4. The van der Waals surface area contributed by atoms with E-state index >= 15 is 0 Å². The monoisotopic (exact) mass is 344 g/mol. The van der Waals surface area contributed by atoms with Crippen molar-refractivity contribution in [2.45, 2.75) is 6.92 Å². The first kappa shape index (κ1) is 18.1. The minimum Gasteiger partial charge on any atom is -0.462 e. The standard InChI is InChI=1S/C18H17FN2O4/c1-2-25-18(24)13-8-4-6-10-15(13)21-16(22)11-20-17(23)12-7-3-5-9-14(12)19/h3-10H,2,11H2,1H3,(H,20,23)(H,21,22). The molecule has 0 heterocycles. The number of para-hydroxylation sites is 1. The zero-order valence-corrected chi connectivity index (χ0v) is 13.5. The van der Waals surface area contributed by atoms with Gasteiger partial charge >= 0.3 is 5.97 Å². The Morgan fingerprint density at radius 1 is 1.00 bits per heavy atom. The van der Waals surface area contributed by atoms with E-state index in [1.807, 2.05) is 0 Å². The van der Waals surface area contributed by atoms with Gasteiger partial charge in [-0.2, -0.15) is 0 Å². The summed E-state index contributed by atoms with van der Waals surface area (Å²) in [6.45, 7) is 1.52. The molecule has 2 aromatic rings. The predicted octanol–water partition coefficient (Wildman–Crippen LogP) is 2.37. The third-order valence-corrected chi connectivity index (χ3v) is 3.22. The number of rotatable bonds is 6. The number of benzene rings is 2. The summed E-state index contributed by atoms with van der Waals surface area (Å²) in [5.74, 6) is -2.49. The van der Waals surface area contributed by atoms with Crippen LogP contribution in [-0.2, 0) is 9.53 Å². The van der Waals surface area contributed by atoms with Crippen LogP contribution in [0.3, 0.4) is 0 Å². The number of carbonyl (C=O) groups excluding carboxylic acids is 3. The molecule has 2 rings (SSSR count). The molecule has 0 spiro atoms. The first-order valence-electron chi connectivity index (χ1n) is 7.61. The Balaban J connectivity index is 1.98. The van der Waals surface area contributed by atoms with Gasteiger partial charge in [-0.1, -0.05) is 24.3 Å². The number of hydrogen-bond donors (Lipinski definition) is 2. The number of esters is 1. The number of hydrogen-bond acceptors (Lipinski definition) is 4. The van der Waals surface area contributed by atoms with E-state index < -0.39 is 23.6 Å². The molecule has 0 aromatic heterocycles. The molecule has 0 saturated carbocycles. The molecule has 130 valence electrons. The van der Waals surface area contributed by atoms with Gasteiger partial charge in [0.2, 0.25) is 5.91 Å². The maximum absolute atomic E-state index is 13.5. The van der Waals surface area contributed by atoms with Crippen LogP contribution in [0, 0.1) is 5.82 Å². The SMILES string of the molecule is CCOC(=O)c1ccccc1NC(=O)CNC(=O)c1ccccc1F. The molecule has 2 amide bonds. The molecule has 2 N–H and O–H groups in total. The average molecular weight is 344 g/mol. The van der Waals surface area contributed by atoms with E-state index in [1.165, 1.54) is 24.3 Å². The molecule has 0 aliphatic heterocycles. The quantitative estimate of drug-likeness (QED) is 0.788. The number of anilines is 1. The molecule has 0 fully saturated rings. The predicted molar refractivity (Wildman–Crippen MR) is 89.8 cm³/mol. The molecule has 2 aromatic carbocycles. The molecule has 25 heavy (non-hydrogen) atoms. The van der Waals surface area contributed by atoms with E-state index in [9.17, 15) is 18.8 Å². The lowest BCUT2D eigenvalue weighted by Crippen LogP contribution is -2.33. The zero-order chi connectivity index (χ0) is 18.2. The topological polar surface area (TPSA) is 84.5 Å². The lowest BCUT2D eigenvalue weighted by atomic mass is 10.1. The van der Waals surface area contributed by atoms with Gasteiger partial charge in [0.05, 0.1) is 30.0 Å². The van der Waals surface area contributed by atoms with Crippen LogP contribution < -0.4 is 10.6 Å². The van der Waals surface area contributed by atoms with Crippen LogP contribution in [0.25, 0.3) is 0 Å². The minimum atomic E-state index is -0.702. The maximum Gasteiger partial charge on any atom is 0.340 e. The molecule has 0 saturated heterocycles. The van der Waals surface area contributed by atoms with E-state index in [4.69, 9.17) is 4.74 Å². The van der Waals surface area contributed by atoms with E-state index in [2.05, 4.69) is 10.6 Å². The summed E-state index contributed by atoms with van der Waals surface area (Å²) in [6, 6.07) is 11.8. The zero-order valence-electron chi connectivity index (χ0n) is 13.5. The number of halogens is 1. The number of nitrogens with one attached hydrogen (secondary N) is 2. The van der Waals surface area contributed by atoms with Crippen LogP contribution in [0.1, 0.15) is 27.6 Å². The molecule has 0 bridgehead atoms. The highest BCUT2D eigenvalue weighted by atomic mass is 19.1. The van der Waals surface area contributed by atoms with Gasteiger partial charge in [0.1, 0.15) is 5.82 Å². The van der Waals surface area contributed by atoms with Crippen molar-refractivity contribution in [3.8, 4) is 0 Å². The van der Waals surface area contributed by atoms with Crippen molar-refractivity contribution < 1.29 is 23.5 Å².